The predicted octanol–water partition coefficient (Wildman–Crippen LogP) is 3.70. The molecule has 0 amide bonds. The van der Waals surface area contributed by atoms with Crippen LogP contribution < -0.4 is 11.2 Å². The van der Waals surface area contributed by atoms with E-state index in [4.69, 9.17) is 4.99 Å². The Labute approximate surface area is 192 Å². The van der Waals surface area contributed by atoms with E-state index in [-0.39, 0.29) is 11.3 Å². The van der Waals surface area contributed by atoms with Crippen molar-refractivity contribution in [2.75, 3.05) is 0 Å². The van der Waals surface area contributed by atoms with E-state index in [1.165, 1.54) is 17.2 Å². The first-order chi connectivity index (χ1) is 15.6. The number of hydrogen-bond acceptors (Lipinski definition) is 4. The van der Waals surface area contributed by atoms with Crippen molar-refractivity contribution in [1.29, 1.82) is 0 Å². The molecule has 33 heavy (non-hydrogen) atoms. The van der Waals surface area contributed by atoms with Crippen molar-refractivity contribution >= 4 is 17.3 Å². The lowest BCUT2D eigenvalue weighted by atomic mass is 9.72. The SMILES string of the molecule is Cc1c(C)c(C)c([C@H]2c3c(n(C)c(=O)n(C)c3=O)N=C3c4ccccc4C(=O)[C@@H]32)c(C)c1C. The number of ketones is 1. The van der Waals surface area contributed by atoms with E-state index in [1.54, 1.807) is 7.05 Å². The number of aliphatic imine (C=N–C) groups is 1. The van der Waals surface area contributed by atoms with Crippen LogP contribution in [0, 0.1) is 40.5 Å². The molecule has 2 heterocycles. The summed E-state index contributed by atoms with van der Waals surface area (Å²) in [6, 6.07) is 7.46. The topological polar surface area (TPSA) is 73.4 Å². The third-order valence-corrected chi connectivity index (χ3v) is 7.95. The number of hydrogen-bond donors (Lipinski definition) is 0. The number of Topliss-reactive ketones (excluding diaryl/α,β-unsaturated/α-hetero) is 1. The Balaban J connectivity index is 1.98. The van der Waals surface area contributed by atoms with Gasteiger partial charge in [0, 0.05) is 31.1 Å². The van der Waals surface area contributed by atoms with Gasteiger partial charge in [0.15, 0.2) is 5.78 Å². The molecule has 0 unspecified atom stereocenters. The van der Waals surface area contributed by atoms with Crippen LogP contribution in [0.2, 0.25) is 0 Å². The predicted molar refractivity (Wildman–Crippen MR) is 129 cm³/mol. The third-order valence-electron chi connectivity index (χ3n) is 7.95. The first kappa shape index (κ1) is 21.3. The van der Waals surface area contributed by atoms with Gasteiger partial charge in [-0.15, -0.1) is 0 Å². The van der Waals surface area contributed by atoms with Crippen LogP contribution in [0.1, 0.15) is 60.8 Å². The molecule has 0 saturated carbocycles. The summed E-state index contributed by atoms with van der Waals surface area (Å²) >= 11 is 0. The van der Waals surface area contributed by atoms with Crippen LogP contribution >= 0.6 is 0 Å². The van der Waals surface area contributed by atoms with Gasteiger partial charge >= 0.3 is 5.69 Å². The Bertz CT molecular complexity index is 1520. The van der Waals surface area contributed by atoms with E-state index in [0.717, 1.165) is 37.9 Å². The van der Waals surface area contributed by atoms with Gasteiger partial charge in [-0.2, -0.15) is 0 Å². The molecule has 0 N–H and O–H groups in total. The monoisotopic (exact) mass is 441 g/mol. The number of nitrogens with zero attached hydrogens (tertiary/aromatic N) is 3. The molecule has 5 rings (SSSR count). The van der Waals surface area contributed by atoms with Gasteiger partial charge in [-0.25, -0.2) is 9.79 Å². The second-order valence-corrected chi connectivity index (χ2v) is 9.34. The van der Waals surface area contributed by atoms with Gasteiger partial charge in [0.1, 0.15) is 5.82 Å². The van der Waals surface area contributed by atoms with Crippen LogP contribution in [0.3, 0.4) is 0 Å². The summed E-state index contributed by atoms with van der Waals surface area (Å²) in [5.41, 5.74) is 8.33. The number of fused-ring (bicyclic) bond motifs is 4. The van der Waals surface area contributed by atoms with Crippen molar-refractivity contribution in [2.24, 2.45) is 25.0 Å². The van der Waals surface area contributed by atoms with E-state index in [1.807, 2.05) is 24.3 Å². The molecule has 2 atom stereocenters. The Kier molecular flexibility index (Phi) is 4.51. The van der Waals surface area contributed by atoms with E-state index < -0.39 is 17.5 Å². The van der Waals surface area contributed by atoms with Gasteiger partial charge in [0.25, 0.3) is 5.56 Å². The van der Waals surface area contributed by atoms with Gasteiger partial charge in [-0.1, -0.05) is 24.3 Å². The maximum atomic E-state index is 13.8. The van der Waals surface area contributed by atoms with Crippen molar-refractivity contribution in [3.8, 4) is 0 Å². The van der Waals surface area contributed by atoms with Gasteiger partial charge < -0.3 is 0 Å². The fraction of sp³-hybridized carbons (Fsp3) is 0.333. The number of aromatic nitrogens is 2. The Morgan fingerprint density at radius 2 is 1.24 bits per heavy atom. The fourth-order valence-electron chi connectivity index (χ4n) is 5.67. The van der Waals surface area contributed by atoms with E-state index >= 15 is 0 Å². The Hall–Kier alpha value is -3.54. The zero-order chi connectivity index (χ0) is 23.9. The van der Waals surface area contributed by atoms with Crippen molar-refractivity contribution in [1.82, 2.24) is 9.13 Å². The summed E-state index contributed by atoms with van der Waals surface area (Å²) in [6.45, 7) is 10.4. The summed E-state index contributed by atoms with van der Waals surface area (Å²) in [4.78, 5) is 44.9. The van der Waals surface area contributed by atoms with Crippen LogP contribution in [0.15, 0.2) is 38.8 Å². The number of carbonyl (C=O) groups excluding carboxylic acids is 1. The average Bonchev–Trinajstić information content (AvgIpc) is 3.10. The maximum Gasteiger partial charge on any atom is 0.332 e. The fourth-order valence-corrected chi connectivity index (χ4v) is 5.67. The summed E-state index contributed by atoms with van der Waals surface area (Å²) < 4.78 is 2.55. The summed E-state index contributed by atoms with van der Waals surface area (Å²) in [7, 11) is 3.12. The highest BCUT2D eigenvalue weighted by Gasteiger charge is 2.48. The molecule has 0 radical (unpaired) electrons. The Morgan fingerprint density at radius 3 is 1.85 bits per heavy atom. The molecule has 168 valence electrons. The molecule has 0 spiro atoms. The second kappa shape index (κ2) is 6.98. The lowest BCUT2D eigenvalue weighted by Crippen LogP contribution is -2.43. The highest BCUT2D eigenvalue weighted by atomic mass is 16.2. The van der Waals surface area contributed by atoms with Gasteiger partial charge in [0.05, 0.1) is 17.2 Å². The number of carbonyl (C=O) groups is 1. The minimum absolute atomic E-state index is 0.0226. The molecule has 1 aliphatic carbocycles. The van der Waals surface area contributed by atoms with E-state index in [0.29, 0.717) is 22.7 Å². The van der Waals surface area contributed by atoms with Crippen LogP contribution in [-0.2, 0) is 14.1 Å². The lowest BCUT2D eigenvalue weighted by molar-refractivity contribution is 0.0953. The Morgan fingerprint density at radius 1 is 0.697 bits per heavy atom. The smallest absolute Gasteiger partial charge is 0.293 e. The van der Waals surface area contributed by atoms with Crippen LogP contribution in [0.25, 0.3) is 0 Å². The number of rotatable bonds is 1. The molecule has 6 nitrogen and oxygen atoms in total. The molecule has 1 aliphatic heterocycles. The minimum atomic E-state index is -0.598. The zero-order valence-corrected chi connectivity index (χ0v) is 20.0. The maximum absolute atomic E-state index is 13.8. The summed E-state index contributed by atoms with van der Waals surface area (Å²) in [5.74, 6) is -0.793. The molecule has 0 fully saturated rings. The molecule has 1 aromatic heterocycles. The van der Waals surface area contributed by atoms with Gasteiger partial charge in [-0.05, 0) is 68.0 Å². The molecule has 3 aromatic rings. The summed E-state index contributed by atoms with van der Waals surface area (Å²) in [5, 5.41) is 0. The molecule has 0 saturated heterocycles. The highest BCUT2D eigenvalue weighted by molar-refractivity contribution is 6.30. The van der Waals surface area contributed by atoms with Crippen molar-refractivity contribution < 1.29 is 4.79 Å². The van der Waals surface area contributed by atoms with Crippen LogP contribution in [0.5, 0.6) is 0 Å². The highest BCUT2D eigenvalue weighted by Crippen LogP contribution is 2.49. The average molecular weight is 442 g/mol. The molecule has 0 bridgehead atoms. The van der Waals surface area contributed by atoms with Gasteiger partial charge in [0.2, 0.25) is 0 Å². The van der Waals surface area contributed by atoms with Crippen LogP contribution in [-0.4, -0.2) is 20.6 Å². The molecule has 2 aromatic carbocycles. The molecular weight excluding hydrogens is 414 g/mol. The summed E-state index contributed by atoms with van der Waals surface area (Å²) in [6.07, 6.45) is 0. The van der Waals surface area contributed by atoms with E-state index in [2.05, 4.69) is 34.6 Å². The van der Waals surface area contributed by atoms with Gasteiger partial charge in [-0.3, -0.25) is 18.7 Å². The number of benzene rings is 2. The first-order valence-electron chi connectivity index (χ1n) is 11.2. The van der Waals surface area contributed by atoms with Crippen molar-refractivity contribution in [2.45, 2.75) is 40.5 Å². The third kappa shape index (κ3) is 2.60. The van der Waals surface area contributed by atoms with Crippen molar-refractivity contribution in [3.63, 3.8) is 0 Å². The van der Waals surface area contributed by atoms with E-state index in [9.17, 15) is 14.4 Å². The zero-order valence-electron chi connectivity index (χ0n) is 20.0. The normalized spacial score (nSPS) is 18.6. The van der Waals surface area contributed by atoms with Crippen molar-refractivity contribution in [3.05, 3.63) is 95.2 Å². The molecule has 2 aliphatic rings. The quantitative estimate of drug-likeness (QED) is 0.578. The standard InChI is InChI=1S/C27H27N3O3/c1-12-13(2)15(4)19(16(5)14(12)3)20-21-23(17-10-8-9-11-18(17)24(21)31)28-25-22(20)26(32)30(7)27(33)29(25)6/h8-11,20-21H,1-7H3/t20-,21-/m1/s1. The molecule has 6 heteroatoms. The second-order valence-electron chi connectivity index (χ2n) is 9.34. The molecular formula is C27H27N3O3. The van der Waals surface area contributed by atoms with Crippen LogP contribution in [0.4, 0.5) is 5.82 Å². The lowest BCUT2D eigenvalue weighted by Gasteiger charge is -2.33. The largest absolute Gasteiger partial charge is 0.332 e. The minimum Gasteiger partial charge on any atom is -0.293 e. The first-order valence-corrected chi connectivity index (χ1v) is 11.2.